The van der Waals surface area contributed by atoms with Gasteiger partial charge in [0.05, 0.1) is 17.8 Å². The molecule has 0 N–H and O–H groups in total. The fraction of sp³-hybridized carbons (Fsp3) is 0.424. The van der Waals surface area contributed by atoms with Gasteiger partial charge in [0, 0.05) is 38.3 Å². The highest BCUT2D eigenvalue weighted by molar-refractivity contribution is 5.94. The van der Waals surface area contributed by atoms with E-state index in [0.717, 1.165) is 49.4 Å². The lowest BCUT2D eigenvalue weighted by Gasteiger charge is -2.50. The number of aryl methyl sites for hydroxylation is 2. The van der Waals surface area contributed by atoms with E-state index in [-0.39, 0.29) is 23.7 Å². The third-order valence-corrected chi connectivity index (χ3v) is 7.77. The van der Waals surface area contributed by atoms with Gasteiger partial charge in [-0.3, -0.25) is 9.69 Å². The minimum Gasteiger partial charge on any atom is -0.491 e. The number of hydrogen-bond acceptors (Lipinski definition) is 4. The molecule has 1 unspecified atom stereocenters. The van der Waals surface area contributed by atoms with Gasteiger partial charge >= 0.3 is 0 Å². The lowest BCUT2D eigenvalue weighted by molar-refractivity contribution is -0.177. The molecule has 1 spiro atoms. The highest BCUT2D eigenvalue weighted by Crippen LogP contribution is 2.39. The summed E-state index contributed by atoms with van der Waals surface area (Å²) in [4.78, 5) is 17.9. The number of benzene rings is 3. The van der Waals surface area contributed by atoms with Crippen molar-refractivity contribution in [2.45, 2.75) is 64.9 Å². The SMILES string of the molecule is Cc1ccc(C2CN(Cc3ccccc3)CC3(CCN(C(=O)c4ccc(OC(C)C)c(C)c4)CC3)O2)cc1. The molecule has 0 saturated carbocycles. The molecule has 1 atom stereocenters. The molecule has 3 aromatic carbocycles. The van der Waals surface area contributed by atoms with Crippen LogP contribution in [0.2, 0.25) is 0 Å². The Kier molecular flexibility index (Phi) is 7.87. The summed E-state index contributed by atoms with van der Waals surface area (Å²) in [6.45, 7) is 12.2. The molecule has 2 aliphatic rings. The van der Waals surface area contributed by atoms with Gasteiger partial charge in [0.2, 0.25) is 0 Å². The predicted octanol–water partition coefficient (Wildman–Crippen LogP) is 6.34. The summed E-state index contributed by atoms with van der Waals surface area (Å²) in [5.74, 6) is 0.927. The average Bonchev–Trinajstić information content (AvgIpc) is 2.90. The Hall–Kier alpha value is -3.15. The zero-order valence-corrected chi connectivity index (χ0v) is 23.2. The Balaban J connectivity index is 1.30. The van der Waals surface area contributed by atoms with Crippen LogP contribution >= 0.6 is 0 Å². The van der Waals surface area contributed by atoms with E-state index in [1.165, 1.54) is 16.7 Å². The van der Waals surface area contributed by atoms with Crippen LogP contribution in [0, 0.1) is 13.8 Å². The molecule has 1 amide bonds. The minimum absolute atomic E-state index is 0.0199. The number of hydrogen-bond donors (Lipinski definition) is 0. The highest BCUT2D eigenvalue weighted by Gasteiger charge is 2.44. The molecule has 0 bridgehead atoms. The van der Waals surface area contributed by atoms with Crippen molar-refractivity contribution in [2.75, 3.05) is 26.2 Å². The van der Waals surface area contributed by atoms with Crippen molar-refractivity contribution in [3.05, 3.63) is 101 Å². The number of ether oxygens (including phenoxy) is 2. The topological polar surface area (TPSA) is 42.0 Å². The van der Waals surface area contributed by atoms with E-state index < -0.39 is 0 Å². The van der Waals surface area contributed by atoms with Crippen molar-refractivity contribution in [1.29, 1.82) is 0 Å². The lowest BCUT2D eigenvalue weighted by Crippen LogP contribution is -2.57. The first-order valence-electron chi connectivity index (χ1n) is 13.9. The summed E-state index contributed by atoms with van der Waals surface area (Å²) in [6.07, 6.45) is 1.79. The number of likely N-dealkylation sites (tertiary alicyclic amines) is 1. The second kappa shape index (κ2) is 11.3. The van der Waals surface area contributed by atoms with E-state index in [1.807, 2.05) is 43.9 Å². The van der Waals surface area contributed by atoms with Crippen LogP contribution in [0.3, 0.4) is 0 Å². The highest BCUT2D eigenvalue weighted by atomic mass is 16.5. The van der Waals surface area contributed by atoms with Gasteiger partial charge in [-0.25, -0.2) is 0 Å². The Morgan fingerprint density at radius 2 is 1.71 bits per heavy atom. The van der Waals surface area contributed by atoms with Crippen molar-refractivity contribution in [3.63, 3.8) is 0 Å². The molecule has 0 aromatic heterocycles. The third-order valence-electron chi connectivity index (χ3n) is 7.77. The molecule has 0 aliphatic carbocycles. The molecule has 3 aromatic rings. The van der Waals surface area contributed by atoms with Crippen LogP contribution in [0.1, 0.15) is 65.4 Å². The normalized spacial score (nSPS) is 19.6. The molecule has 2 aliphatic heterocycles. The molecule has 2 fully saturated rings. The minimum atomic E-state index is -0.260. The fourth-order valence-electron chi connectivity index (χ4n) is 5.74. The Morgan fingerprint density at radius 1 is 1.00 bits per heavy atom. The summed E-state index contributed by atoms with van der Waals surface area (Å²) >= 11 is 0. The first-order valence-corrected chi connectivity index (χ1v) is 13.9. The van der Waals surface area contributed by atoms with Gasteiger partial charge in [0.25, 0.3) is 5.91 Å². The summed E-state index contributed by atoms with van der Waals surface area (Å²) in [6, 6.07) is 25.2. The number of piperidine rings is 1. The van der Waals surface area contributed by atoms with Crippen LogP contribution in [0.5, 0.6) is 5.75 Å². The predicted molar refractivity (Wildman–Crippen MR) is 152 cm³/mol. The Bertz CT molecular complexity index is 1230. The van der Waals surface area contributed by atoms with E-state index in [4.69, 9.17) is 9.47 Å². The van der Waals surface area contributed by atoms with Crippen LogP contribution in [0.4, 0.5) is 0 Å². The van der Waals surface area contributed by atoms with E-state index >= 15 is 0 Å². The first kappa shape index (κ1) is 26.5. The van der Waals surface area contributed by atoms with Crippen molar-refractivity contribution in [2.24, 2.45) is 0 Å². The van der Waals surface area contributed by atoms with Gasteiger partial charge in [0.1, 0.15) is 5.75 Å². The van der Waals surface area contributed by atoms with Crippen molar-refractivity contribution in [1.82, 2.24) is 9.80 Å². The van der Waals surface area contributed by atoms with E-state index in [9.17, 15) is 4.79 Å². The fourth-order valence-corrected chi connectivity index (χ4v) is 5.74. The van der Waals surface area contributed by atoms with Crippen molar-refractivity contribution < 1.29 is 14.3 Å². The van der Waals surface area contributed by atoms with Gasteiger partial charge in [0.15, 0.2) is 0 Å². The van der Waals surface area contributed by atoms with Crippen LogP contribution in [-0.4, -0.2) is 53.6 Å². The molecule has 5 rings (SSSR count). The molecule has 200 valence electrons. The van der Waals surface area contributed by atoms with E-state index in [0.29, 0.717) is 13.1 Å². The number of nitrogens with zero attached hydrogens (tertiary/aromatic N) is 2. The largest absolute Gasteiger partial charge is 0.491 e. The average molecular weight is 513 g/mol. The second-order valence-corrected chi connectivity index (χ2v) is 11.3. The van der Waals surface area contributed by atoms with Crippen LogP contribution in [0.15, 0.2) is 72.8 Å². The van der Waals surface area contributed by atoms with Gasteiger partial charge in [-0.1, -0.05) is 60.2 Å². The summed E-state index contributed by atoms with van der Waals surface area (Å²) < 4.78 is 12.8. The number of carbonyl (C=O) groups excluding carboxylic acids is 1. The smallest absolute Gasteiger partial charge is 0.253 e. The molecular formula is C33H40N2O3. The van der Waals surface area contributed by atoms with Gasteiger partial charge in [-0.15, -0.1) is 0 Å². The Morgan fingerprint density at radius 3 is 2.37 bits per heavy atom. The maximum atomic E-state index is 13.4. The van der Waals surface area contributed by atoms with Gasteiger partial charge in [-0.05, 0) is 75.4 Å². The molecule has 5 nitrogen and oxygen atoms in total. The summed E-state index contributed by atoms with van der Waals surface area (Å²) in [5, 5.41) is 0. The molecule has 38 heavy (non-hydrogen) atoms. The van der Waals surface area contributed by atoms with Gasteiger partial charge in [-0.2, -0.15) is 0 Å². The molecule has 2 saturated heterocycles. The summed E-state index contributed by atoms with van der Waals surface area (Å²) in [7, 11) is 0. The molecule has 5 heteroatoms. The lowest BCUT2D eigenvalue weighted by atomic mass is 9.87. The first-order chi connectivity index (χ1) is 18.3. The molecule has 2 heterocycles. The van der Waals surface area contributed by atoms with Crippen LogP contribution in [0.25, 0.3) is 0 Å². The van der Waals surface area contributed by atoms with Crippen LogP contribution < -0.4 is 4.74 Å². The third kappa shape index (κ3) is 6.11. The zero-order chi connectivity index (χ0) is 26.7. The number of amides is 1. The second-order valence-electron chi connectivity index (χ2n) is 11.3. The number of rotatable bonds is 6. The van der Waals surface area contributed by atoms with Crippen molar-refractivity contribution in [3.8, 4) is 5.75 Å². The monoisotopic (exact) mass is 512 g/mol. The number of carbonyl (C=O) groups is 1. The maximum absolute atomic E-state index is 13.4. The van der Waals surface area contributed by atoms with E-state index in [1.54, 1.807) is 0 Å². The quantitative estimate of drug-likeness (QED) is 0.387. The maximum Gasteiger partial charge on any atom is 0.253 e. The number of morpholine rings is 1. The standard InChI is InChI=1S/C33H40N2O3/c1-24(2)37-30-15-14-29(20-26(30)4)32(36)35-18-16-33(17-19-35)23-34(21-27-8-6-5-7-9-27)22-31(38-33)28-12-10-25(3)11-13-28/h5-15,20,24,31H,16-19,21-23H2,1-4H3. The zero-order valence-electron chi connectivity index (χ0n) is 23.2. The molecular weight excluding hydrogens is 472 g/mol. The molecule has 0 radical (unpaired) electrons. The van der Waals surface area contributed by atoms with E-state index in [2.05, 4.69) is 66.4 Å². The van der Waals surface area contributed by atoms with Crippen LogP contribution in [-0.2, 0) is 11.3 Å². The summed E-state index contributed by atoms with van der Waals surface area (Å²) in [5.41, 5.74) is 5.26. The van der Waals surface area contributed by atoms with Gasteiger partial charge < -0.3 is 14.4 Å². The Labute approximate surface area is 227 Å². The van der Waals surface area contributed by atoms with Crippen molar-refractivity contribution >= 4 is 5.91 Å².